The number of hydrogen-bond acceptors (Lipinski definition) is 3. The van der Waals surface area contributed by atoms with Crippen LogP contribution in [0.15, 0.2) is 23.8 Å². The summed E-state index contributed by atoms with van der Waals surface area (Å²) in [4.78, 5) is 23.6. The predicted molar refractivity (Wildman–Crippen MR) is 76.9 cm³/mol. The van der Waals surface area contributed by atoms with Gasteiger partial charge in [-0.15, -0.1) is 0 Å². The lowest BCUT2D eigenvalue weighted by Gasteiger charge is -2.28. The number of amides is 1. The Morgan fingerprint density at radius 1 is 1.19 bits per heavy atom. The summed E-state index contributed by atoms with van der Waals surface area (Å²) in [7, 11) is 0. The summed E-state index contributed by atoms with van der Waals surface area (Å²) < 4.78 is 0. The van der Waals surface area contributed by atoms with E-state index in [9.17, 15) is 14.7 Å². The standard InChI is InChI=1S/C17H23NO3/c19-16(18-9-8-11-4-2-1-3-5-11)14-12-6-7-13(10-12)15(14)17(20)21/h4,6-7,12-15H,1-3,5,8-10H2,(H,18,19)(H,20,21)/p-1/t12-,13+,14+,15+/m0/s1. The highest BCUT2D eigenvalue weighted by molar-refractivity contribution is 5.86. The summed E-state index contributed by atoms with van der Waals surface area (Å²) in [6, 6.07) is 0. The van der Waals surface area contributed by atoms with Crippen molar-refractivity contribution in [3.8, 4) is 0 Å². The molecule has 0 spiro atoms. The van der Waals surface area contributed by atoms with Gasteiger partial charge in [0.05, 0.1) is 5.92 Å². The molecule has 0 aromatic heterocycles. The van der Waals surface area contributed by atoms with E-state index < -0.39 is 17.8 Å². The second-order valence-electron chi connectivity index (χ2n) is 6.47. The Morgan fingerprint density at radius 3 is 2.62 bits per heavy atom. The third kappa shape index (κ3) is 2.89. The van der Waals surface area contributed by atoms with Crippen LogP contribution in [0.3, 0.4) is 0 Å². The molecular formula is C17H22NO3-. The molecule has 3 rings (SSSR count). The average molecular weight is 288 g/mol. The van der Waals surface area contributed by atoms with Gasteiger partial charge in [-0.05, 0) is 50.4 Å². The molecule has 1 fully saturated rings. The minimum atomic E-state index is -1.08. The molecular weight excluding hydrogens is 266 g/mol. The monoisotopic (exact) mass is 288 g/mol. The lowest BCUT2D eigenvalue weighted by Crippen LogP contribution is -2.45. The van der Waals surface area contributed by atoms with Crippen molar-refractivity contribution in [1.82, 2.24) is 5.32 Å². The summed E-state index contributed by atoms with van der Waals surface area (Å²) in [5.74, 6) is -2.22. The number of fused-ring (bicyclic) bond motifs is 2. The van der Waals surface area contributed by atoms with Crippen LogP contribution in [0.5, 0.6) is 0 Å². The maximum Gasteiger partial charge on any atom is 0.224 e. The maximum absolute atomic E-state index is 12.3. The lowest BCUT2D eigenvalue weighted by atomic mass is 9.82. The smallest absolute Gasteiger partial charge is 0.224 e. The molecule has 3 aliphatic carbocycles. The van der Waals surface area contributed by atoms with Crippen LogP contribution in [0.2, 0.25) is 0 Å². The Hall–Kier alpha value is -1.58. The normalized spacial score (nSPS) is 33.8. The van der Waals surface area contributed by atoms with E-state index in [0.29, 0.717) is 6.54 Å². The summed E-state index contributed by atoms with van der Waals surface area (Å²) >= 11 is 0. The van der Waals surface area contributed by atoms with Crippen LogP contribution in [0.1, 0.15) is 38.5 Å². The van der Waals surface area contributed by atoms with E-state index >= 15 is 0 Å². The molecule has 4 heteroatoms. The Balaban J connectivity index is 1.54. The van der Waals surface area contributed by atoms with Gasteiger partial charge in [-0.25, -0.2) is 0 Å². The Bertz CT molecular complexity index is 494. The molecule has 0 aromatic rings. The molecule has 0 aliphatic heterocycles. The summed E-state index contributed by atoms with van der Waals surface area (Å²) in [5.41, 5.74) is 1.42. The van der Waals surface area contributed by atoms with Crippen molar-refractivity contribution in [1.29, 1.82) is 0 Å². The van der Waals surface area contributed by atoms with Crippen LogP contribution in [0.25, 0.3) is 0 Å². The zero-order valence-electron chi connectivity index (χ0n) is 12.2. The molecule has 4 nitrogen and oxygen atoms in total. The zero-order valence-corrected chi connectivity index (χ0v) is 12.2. The van der Waals surface area contributed by atoms with Crippen molar-refractivity contribution < 1.29 is 14.7 Å². The van der Waals surface area contributed by atoms with E-state index in [0.717, 1.165) is 25.7 Å². The molecule has 1 amide bonds. The quantitative estimate of drug-likeness (QED) is 0.772. The van der Waals surface area contributed by atoms with E-state index in [1.807, 2.05) is 12.2 Å². The van der Waals surface area contributed by atoms with Crippen molar-refractivity contribution in [3.05, 3.63) is 23.8 Å². The number of nitrogens with one attached hydrogen (secondary N) is 1. The molecule has 114 valence electrons. The number of hydrogen-bond donors (Lipinski definition) is 1. The van der Waals surface area contributed by atoms with E-state index in [2.05, 4.69) is 11.4 Å². The number of carboxylic acid groups (broad SMARTS) is 1. The second-order valence-corrected chi connectivity index (χ2v) is 6.47. The lowest BCUT2D eigenvalue weighted by molar-refractivity contribution is -0.313. The van der Waals surface area contributed by atoms with Crippen molar-refractivity contribution in [3.63, 3.8) is 0 Å². The first-order valence-electron chi connectivity index (χ1n) is 8.01. The van der Waals surface area contributed by atoms with Gasteiger partial charge in [0.2, 0.25) is 5.91 Å². The van der Waals surface area contributed by atoms with Crippen molar-refractivity contribution in [2.45, 2.75) is 38.5 Å². The van der Waals surface area contributed by atoms with Gasteiger partial charge in [-0.2, -0.15) is 0 Å². The third-order valence-corrected chi connectivity index (χ3v) is 5.16. The third-order valence-electron chi connectivity index (χ3n) is 5.16. The highest BCUT2D eigenvalue weighted by Crippen LogP contribution is 2.47. The molecule has 3 aliphatic rings. The van der Waals surface area contributed by atoms with Gasteiger partial charge >= 0.3 is 0 Å². The highest BCUT2D eigenvalue weighted by atomic mass is 16.4. The Morgan fingerprint density at radius 2 is 1.95 bits per heavy atom. The number of carboxylic acids is 1. The Kier molecular flexibility index (Phi) is 4.13. The molecule has 2 bridgehead atoms. The van der Waals surface area contributed by atoms with Gasteiger partial charge in [-0.3, -0.25) is 4.79 Å². The molecule has 0 heterocycles. The molecule has 0 radical (unpaired) electrons. The van der Waals surface area contributed by atoms with Crippen molar-refractivity contribution >= 4 is 11.9 Å². The van der Waals surface area contributed by atoms with Crippen LogP contribution in [0.4, 0.5) is 0 Å². The fourth-order valence-corrected chi connectivity index (χ4v) is 4.10. The van der Waals surface area contributed by atoms with E-state index in [-0.39, 0.29) is 17.7 Å². The number of rotatable bonds is 5. The summed E-state index contributed by atoms with van der Waals surface area (Å²) in [6.45, 7) is 0.613. The Labute approximate surface area is 125 Å². The minimum absolute atomic E-state index is 0.0168. The maximum atomic E-state index is 12.3. The van der Waals surface area contributed by atoms with Gasteiger partial charge in [0.15, 0.2) is 0 Å². The highest BCUT2D eigenvalue weighted by Gasteiger charge is 2.48. The van der Waals surface area contributed by atoms with Crippen LogP contribution in [0, 0.1) is 23.7 Å². The molecule has 21 heavy (non-hydrogen) atoms. The predicted octanol–water partition coefficient (Wildman–Crippen LogP) is 1.18. The van der Waals surface area contributed by atoms with Crippen LogP contribution in [-0.4, -0.2) is 18.4 Å². The average Bonchev–Trinajstić information content (AvgIpc) is 3.08. The molecule has 0 aromatic carbocycles. The second kappa shape index (κ2) is 6.04. The first-order chi connectivity index (χ1) is 10.2. The van der Waals surface area contributed by atoms with Gasteiger partial charge in [0.1, 0.15) is 0 Å². The van der Waals surface area contributed by atoms with Crippen LogP contribution in [-0.2, 0) is 9.59 Å². The summed E-state index contributed by atoms with van der Waals surface area (Å²) in [5, 5.41) is 14.2. The largest absolute Gasteiger partial charge is 0.550 e. The molecule has 0 saturated heterocycles. The van der Waals surface area contributed by atoms with Crippen LogP contribution >= 0.6 is 0 Å². The van der Waals surface area contributed by atoms with Gasteiger partial charge in [-0.1, -0.05) is 23.8 Å². The fraction of sp³-hybridized carbons (Fsp3) is 0.647. The van der Waals surface area contributed by atoms with E-state index in [1.54, 1.807) is 0 Å². The van der Waals surface area contributed by atoms with Crippen molar-refractivity contribution in [2.24, 2.45) is 23.7 Å². The summed E-state index contributed by atoms with van der Waals surface area (Å²) in [6.07, 6.45) is 12.7. The topological polar surface area (TPSA) is 69.2 Å². The van der Waals surface area contributed by atoms with Crippen LogP contribution < -0.4 is 10.4 Å². The van der Waals surface area contributed by atoms with E-state index in [1.165, 1.54) is 18.4 Å². The van der Waals surface area contributed by atoms with Gasteiger partial charge in [0, 0.05) is 18.4 Å². The number of aliphatic carboxylic acids is 1. The molecule has 1 saturated carbocycles. The molecule has 0 unspecified atom stereocenters. The minimum Gasteiger partial charge on any atom is -0.550 e. The first kappa shape index (κ1) is 14.4. The number of carbonyl (C=O) groups is 2. The molecule has 4 atom stereocenters. The zero-order chi connectivity index (χ0) is 14.8. The molecule has 1 N–H and O–H groups in total. The fourth-order valence-electron chi connectivity index (χ4n) is 4.10. The van der Waals surface area contributed by atoms with E-state index in [4.69, 9.17) is 0 Å². The van der Waals surface area contributed by atoms with Gasteiger partial charge in [0.25, 0.3) is 0 Å². The van der Waals surface area contributed by atoms with Crippen molar-refractivity contribution in [2.75, 3.05) is 6.54 Å². The van der Waals surface area contributed by atoms with Gasteiger partial charge < -0.3 is 15.2 Å². The first-order valence-corrected chi connectivity index (χ1v) is 8.01. The number of carbonyl (C=O) groups excluding carboxylic acids is 2. The SMILES string of the molecule is O=C([O-])[C@H]1[C@H](C(=O)NCCC2=CCCCC2)[C@H]2C=C[C@@H]1C2. The number of allylic oxidation sites excluding steroid dienone is 3.